The Morgan fingerprint density at radius 1 is 1.00 bits per heavy atom. The third kappa shape index (κ3) is 4.30. The number of anilines is 1. The van der Waals surface area contributed by atoms with E-state index in [0.717, 1.165) is 18.7 Å². The predicted molar refractivity (Wildman–Crippen MR) is 85.6 cm³/mol. The molecule has 0 unspecified atom stereocenters. The number of aryl methyl sites for hydroxylation is 2. The van der Waals surface area contributed by atoms with Gasteiger partial charge < -0.3 is 10.1 Å². The van der Waals surface area contributed by atoms with Crippen molar-refractivity contribution in [2.45, 2.75) is 26.2 Å². The molecule has 0 saturated carbocycles. The highest BCUT2D eigenvalue weighted by atomic mass is 16.5. The van der Waals surface area contributed by atoms with E-state index in [9.17, 15) is 0 Å². The number of nitrogens with one attached hydrogen (secondary N) is 1. The molecule has 0 saturated heterocycles. The molecule has 0 aliphatic rings. The molecule has 0 aliphatic carbocycles. The van der Waals surface area contributed by atoms with E-state index in [0.29, 0.717) is 0 Å². The average Bonchev–Trinajstić information content (AvgIpc) is 2.49. The zero-order valence-electron chi connectivity index (χ0n) is 12.4. The molecular weight excluding hydrogens is 246 g/mol. The van der Waals surface area contributed by atoms with E-state index in [1.54, 1.807) is 7.11 Å². The molecule has 0 radical (unpaired) electrons. The van der Waals surface area contributed by atoms with Crippen molar-refractivity contribution in [1.82, 2.24) is 0 Å². The summed E-state index contributed by atoms with van der Waals surface area (Å²) in [7, 11) is 1.70. The first-order valence-electron chi connectivity index (χ1n) is 7.22. The van der Waals surface area contributed by atoms with Gasteiger partial charge in [-0.1, -0.05) is 30.3 Å². The van der Waals surface area contributed by atoms with Crippen molar-refractivity contribution in [3.8, 4) is 5.75 Å². The molecule has 0 heterocycles. The standard InChI is InChI=1S/C18H23NO/c1-15-14-17(20-2)11-12-18(15)19-13-7-6-10-16-8-4-3-5-9-16/h3-5,8-9,11-12,14,19H,6-7,10,13H2,1-2H3. The summed E-state index contributed by atoms with van der Waals surface area (Å²) in [6, 6.07) is 16.8. The Labute approximate surface area is 121 Å². The smallest absolute Gasteiger partial charge is 0.119 e. The maximum absolute atomic E-state index is 5.21. The fourth-order valence-electron chi connectivity index (χ4n) is 2.28. The van der Waals surface area contributed by atoms with Crippen LogP contribution in [0.4, 0.5) is 5.69 Å². The minimum absolute atomic E-state index is 0.914. The van der Waals surface area contributed by atoms with Gasteiger partial charge in [-0.25, -0.2) is 0 Å². The van der Waals surface area contributed by atoms with Gasteiger partial charge in [0.2, 0.25) is 0 Å². The summed E-state index contributed by atoms with van der Waals surface area (Å²) in [6.07, 6.45) is 3.55. The molecule has 0 atom stereocenters. The highest BCUT2D eigenvalue weighted by Gasteiger charge is 1.99. The molecule has 2 aromatic carbocycles. The molecular formula is C18H23NO. The van der Waals surface area contributed by atoms with Crippen molar-refractivity contribution in [3.63, 3.8) is 0 Å². The van der Waals surface area contributed by atoms with Crippen LogP contribution in [0.25, 0.3) is 0 Å². The molecule has 0 aliphatic heterocycles. The maximum Gasteiger partial charge on any atom is 0.119 e. The van der Waals surface area contributed by atoms with Gasteiger partial charge >= 0.3 is 0 Å². The van der Waals surface area contributed by atoms with E-state index < -0.39 is 0 Å². The van der Waals surface area contributed by atoms with Gasteiger partial charge in [-0.3, -0.25) is 0 Å². The van der Waals surface area contributed by atoms with E-state index in [1.807, 2.05) is 6.07 Å². The molecule has 106 valence electrons. The molecule has 0 fully saturated rings. The second kappa shape index (κ2) is 7.59. The summed E-state index contributed by atoms with van der Waals surface area (Å²) in [6.45, 7) is 3.12. The van der Waals surface area contributed by atoms with Crippen LogP contribution in [0, 0.1) is 6.92 Å². The summed E-state index contributed by atoms with van der Waals surface area (Å²) in [5, 5.41) is 3.49. The van der Waals surface area contributed by atoms with Gasteiger partial charge in [0.05, 0.1) is 7.11 Å². The lowest BCUT2D eigenvalue weighted by Gasteiger charge is -2.10. The van der Waals surface area contributed by atoms with Gasteiger partial charge in [0, 0.05) is 12.2 Å². The molecule has 2 rings (SSSR count). The molecule has 2 nitrogen and oxygen atoms in total. The van der Waals surface area contributed by atoms with Crippen molar-refractivity contribution in [3.05, 3.63) is 59.7 Å². The first-order chi connectivity index (χ1) is 9.79. The summed E-state index contributed by atoms with van der Waals surface area (Å²) in [5.74, 6) is 0.914. The number of methoxy groups -OCH3 is 1. The molecule has 0 amide bonds. The summed E-state index contributed by atoms with van der Waals surface area (Å²) >= 11 is 0. The predicted octanol–water partition coefficient (Wildman–Crippen LogP) is 4.44. The van der Waals surface area contributed by atoms with Gasteiger partial charge in [-0.05, 0) is 55.5 Å². The fraction of sp³-hybridized carbons (Fsp3) is 0.333. The van der Waals surface area contributed by atoms with E-state index in [-0.39, 0.29) is 0 Å². The highest BCUT2D eigenvalue weighted by Crippen LogP contribution is 2.21. The van der Waals surface area contributed by atoms with Gasteiger partial charge in [-0.2, -0.15) is 0 Å². The number of hydrogen-bond donors (Lipinski definition) is 1. The quantitative estimate of drug-likeness (QED) is 0.750. The Kier molecular flexibility index (Phi) is 5.48. The van der Waals surface area contributed by atoms with Crippen molar-refractivity contribution in [2.75, 3.05) is 19.0 Å². The minimum atomic E-state index is 0.914. The Bertz CT molecular complexity index is 522. The Morgan fingerprint density at radius 2 is 1.80 bits per heavy atom. The molecule has 0 spiro atoms. The number of unbranched alkanes of at least 4 members (excludes halogenated alkanes) is 1. The molecule has 2 aromatic rings. The lowest BCUT2D eigenvalue weighted by molar-refractivity contribution is 0.414. The van der Waals surface area contributed by atoms with Gasteiger partial charge in [-0.15, -0.1) is 0 Å². The monoisotopic (exact) mass is 269 g/mol. The number of hydrogen-bond acceptors (Lipinski definition) is 2. The SMILES string of the molecule is COc1ccc(NCCCCc2ccccc2)c(C)c1. The molecule has 2 heteroatoms. The van der Waals surface area contributed by atoms with E-state index in [4.69, 9.17) is 4.74 Å². The van der Waals surface area contributed by atoms with Gasteiger partial charge in [0.25, 0.3) is 0 Å². The van der Waals surface area contributed by atoms with Crippen molar-refractivity contribution in [1.29, 1.82) is 0 Å². The maximum atomic E-state index is 5.21. The molecule has 0 aromatic heterocycles. The first kappa shape index (κ1) is 14.4. The van der Waals surface area contributed by atoms with Crippen LogP contribution in [0.2, 0.25) is 0 Å². The fourth-order valence-corrected chi connectivity index (χ4v) is 2.28. The van der Waals surface area contributed by atoms with Crippen LogP contribution in [0.3, 0.4) is 0 Å². The zero-order chi connectivity index (χ0) is 14.2. The Hall–Kier alpha value is -1.96. The van der Waals surface area contributed by atoms with E-state index in [1.165, 1.54) is 29.7 Å². The zero-order valence-corrected chi connectivity index (χ0v) is 12.4. The van der Waals surface area contributed by atoms with Crippen molar-refractivity contribution >= 4 is 5.69 Å². The third-order valence-corrected chi connectivity index (χ3v) is 3.48. The minimum Gasteiger partial charge on any atom is -0.497 e. The summed E-state index contributed by atoms with van der Waals surface area (Å²) in [4.78, 5) is 0. The van der Waals surface area contributed by atoms with Crippen LogP contribution in [0.1, 0.15) is 24.0 Å². The Balaban J connectivity index is 1.71. The normalized spacial score (nSPS) is 10.3. The largest absolute Gasteiger partial charge is 0.497 e. The first-order valence-corrected chi connectivity index (χ1v) is 7.22. The Morgan fingerprint density at radius 3 is 2.50 bits per heavy atom. The highest BCUT2D eigenvalue weighted by molar-refractivity contribution is 5.53. The average molecular weight is 269 g/mol. The van der Waals surface area contributed by atoms with Crippen molar-refractivity contribution < 1.29 is 4.74 Å². The van der Waals surface area contributed by atoms with Crippen LogP contribution in [0.5, 0.6) is 5.75 Å². The van der Waals surface area contributed by atoms with Gasteiger partial charge in [0.1, 0.15) is 5.75 Å². The lowest BCUT2D eigenvalue weighted by atomic mass is 10.1. The molecule has 1 N–H and O–H groups in total. The van der Waals surface area contributed by atoms with Crippen LogP contribution in [-0.2, 0) is 6.42 Å². The topological polar surface area (TPSA) is 21.3 Å². The molecule has 20 heavy (non-hydrogen) atoms. The van der Waals surface area contributed by atoms with Crippen LogP contribution in [-0.4, -0.2) is 13.7 Å². The van der Waals surface area contributed by atoms with Crippen LogP contribution in [0.15, 0.2) is 48.5 Å². The number of ether oxygens (including phenoxy) is 1. The van der Waals surface area contributed by atoms with E-state index >= 15 is 0 Å². The van der Waals surface area contributed by atoms with Gasteiger partial charge in [0.15, 0.2) is 0 Å². The second-order valence-corrected chi connectivity index (χ2v) is 5.05. The number of rotatable bonds is 7. The van der Waals surface area contributed by atoms with Crippen LogP contribution >= 0.6 is 0 Å². The summed E-state index contributed by atoms with van der Waals surface area (Å²) in [5.41, 5.74) is 3.85. The molecule has 0 bridgehead atoms. The van der Waals surface area contributed by atoms with Crippen LogP contribution < -0.4 is 10.1 Å². The third-order valence-electron chi connectivity index (χ3n) is 3.48. The summed E-state index contributed by atoms with van der Waals surface area (Å²) < 4.78 is 5.21. The second-order valence-electron chi connectivity index (χ2n) is 5.05. The number of benzene rings is 2. The van der Waals surface area contributed by atoms with Crippen molar-refractivity contribution in [2.24, 2.45) is 0 Å². The van der Waals surface area contributed by atoms with E-state index in [2.05, 4.69) is 54.7 Å². The lowest BCUT2D eigenvalue weighted by Crippen LogP contribution is -2.03.